The van der Waals surface area contributed by atoms with Crippen molar-refractivity contribution in [1.29, 1.82) is 0 Å². The second kappa shape index (κ2) is 13.0. The van der Waals surface area contributed by atoms with Crippen molar-refractivity contribution in [2.45, 2.75) is 37.7 Å². The van der Waals surface area contributed by atoms with Gasteiger partial charge in [0.05, 0.1) is 6.10 Å². The van der Waals surface area contributed by atoms with Crippen molar-refractivity contribution in [2.75, 3.05) is 19.7 Å². The first kappa shape index (κ1) is 23.9. The average molecular weight is 434 g/mol. The molecule has 1 fully saturated rings. The topological polar surface area (TPSA) is 95.9 Å². The zero-order valence-electron chi connectivity index (χ0n) is 16.8. The monoisotopic (exact) mass is 433 g/mol. The summed E-state index contributed by atoms with van der Waals surface area (Å²) in [6.07, 6.45) is 4.98. The highest BCUT2D eigenvalue weighted by atomic mass is 35.5. The lowest BCUT2D eigenvalue weighted by Crippen LogP contribution is -2.28. The summed E-state index contributed by atoms with van der Waals surface area (Å²) in [5.74, 6) is -3.15. The van der Waals surface area contributed by atoms with E-state index >= 15 is 0 Å². The van der Waals surface area contributed by atoms with Gasteiger partial charge in [-0.25, -0.2) is 9.59 Å². The molecule has 162 valence electrons. The van der Waals surface area contributed by atoms with Gasteiger partial charge in [-0.05, 0) is 61.4 Å². The summed E-state index contributed by atoms with van der Waals surface area (Å²) < 4.78 is 5.68. The van der Waals surface area contributed by atoms with Crippen LogP contribution in [0.25, 0.3) is 0 Å². The Morgan fingerprint density at radius 2 is 1.73 bits per heavy atom. The van der Waals surface area contributed by atoms with E-state index in [0.29, 0.717) is 12.0 Å². The van der Waals surface area contributed by atoms with E-state index in [2.05, 4.69) is 47.8 Å². The predicted octanol–water partition coefficient (Wildman–Crippen LogP) is 3.98. The maximum atomic E-state index is 9.10. The van der Waals surface area contributed by atoms with E-state index in [1.165, 1.54) is 24.0 Å². The number of carbonyl (C=O) groups is 2. The summed E-state index contributed by atoms with van der Waals surface area (Å²) in [4.78, 5) is 18.2. The second-order valence-corrected chi connectivity index (χ2v) is 7.61. The lowest BCUT2D eigenvalue weighted by atomic mass is 9.89. The van der Waals surface area contributed by atoms with Crippen molar-refractivity contribution in [1.82, 2.24) is 5.32 Å². The predicted molar refractivity (Wildman–Crippen MR) is 116 cm³/mol. The van der Waals surface area contributed by atoms with Crippen LogP contribution in [0.2, 0.25) is 5.02 Å². The molecule has 7 heteroatoms. The Hall–Kier alpha value is -2.41. The molecule has 6 nitrogen and oxygen atoms in total. The van der Waals surface area contributed by atoms with Crippen LogP contribution in [0, 0.1) is 0 Å². The van der Waals surface area contributed by atoms with Crippen molar-refractivity contribution < 1.29 is 24.5 Å². The smallest absolute Gasteiger partial charge is 0.414 e. The Bertz CT molecular complexity index is 764. The molecule has 2 aromatic rings. The first-order valence-electron chi connectivity index (χ1n) is 10.0. The molecule has 0 bridgehead atoms. The molecule has 0 radical (unpaired) electrons. The average Bonchev–Trinajstić information content (AvgIpc) is 3.26. The fourth-order valence-corrected chi connectivity index (χ4v) is 3.49. The maximum absolute atomic E-state index is 9.10. The summed E-state index contributed by atoms with van der Waals surface area (Å²) in [5.41, 5.74) is 2.75. The number of carboxylic acids is 2. The van der Waals surface area contributed by atoms with Gasteiger partial charge >= 0.3 is 11.9 Å². The van der Waals surface area contributed by atoms with Gasteiger partial charge in [0.1, 0.15) is 0 Å². The highest BCUT2D eigenvalue weighted by Gasteiger charge is 2.16. The molecule has 0 aliphatic carbocycles. The molecular formula is C23H28ClNO5. The molecule has 30 heavy (non-hydrogen) atoms. The first-order chi connectivity index (χ1) is 14.5. The number of nitrogens with one attached hydrogen (secondary N) is 1. The number of carboxylic acid groups (broad SMARTS) is 2. The van der Waals surface area contributed by atoms with E-state index in [1.807, 2.05) is 12.1 Å². The van der Waals surface area contributed by atoms with Crippen LogP contribution in [-0.4, -0.2) is 48.0 Å². The standard InChI is InChI=1S/C21H26ClNO.C2H2O4/c22-20-10-8-18(9-11-20)19(15-17-5-2-1-3-6-17)12-13-23-16-21-7-4-14-24-21;3-1(4)2(5)6/h1-3,5-6,8-11,19,21,23H,4,7,12-16H2;(H,3,4)(H,5,6). The molecule has 2 unspecified atom stereocenters. The third-order valence-electron chi connectivity index (χ3n) is 4.91. The molecule has 0 spiro atoms. The SMILES string of the molecule is Clc1ccc(C(CCNCC2CCCO2)Cc2ccccc2)cc1.O=C(O)C(=O)O. The van der Waals surface area contributed by atoms with Crippen molar-refractivity contribution in [2.24, 2.45) is 0 Å². The minimum absolute atomic E-state index is 0.410. The van der Waals surface area contributed by atoms with Gasteiger partial charge in [0, 0.05) is 18.2 Å². The Kier molecular flexibility index (Phi) is 10.3. The Balaban J connectivity index is 0.000000469. The van der Waals surface area contributed by atoms with Crippen LogP contribution in [0.4, 0.5) is 0 Å². The minimum atomic E-state index is -1.82. The van der Waals surface area contributed by atoms with Crippen LogP contribution in [0.1, 0.15) is 36.3 Å². The Morgan fingerprint density at radius 1 is 1.07 bits per heavy atom. The van der Waals surface area contributed by atoms with Gasteiger partial charge in [-0.2, -0.15) is 0 Å². The van der Waals surface area contributed by atoms with Crippen LogP contribution in [0.15, 0.2) is 54.6 Å². The third-order valence-corrected chi connectivity index (χ3v) is 5.17. The van der Waals surface area contributed by atoms with Crippen molar-refractivity contribution in [3.8, 4) is 0 Å². The fourth-order valence-electron chi connectivity index (χ4n) is 3.36. The first-order valence-corrected chi connectivity index (χ1v) is 10.4. The normalized spacial score (nSPS) is 16.4. The molecule has 0 aromatic heterocycles. The zero-order valence-corrected chi connectivity index (χ0v) is 17.6. The number of aliphatic carboxylic acids is 2. The number of ether oxygens (including phenoxy) is 1. The number of benzene rings is 2. The van der Waals surface area contributed by atoms with Crippen LogP contribution >= 0.6 is 11.6 Å². The van der Waals surface area contributed by atoms with E-state index in [9.17, 15) is 0 Å². The summed E-state index contributed by atoms with van der Waals surface area (Å²) in [6, 6.07) is 19.0. The molecule has 3 N–H and O–H groups in total. The summed E-state index contributed by atoms with van der Waals surface area (Å²) >= 11 is 6.05. The molecule has 3 rings (SSSR count). The third kappa shape index (κ3) is 8.95. The Labute approximate surface area is 181 Å². The van der Waals surface area contributed by atoms with E-state index in [4.69, 9.17) is 36.1 Å². The van der Waals surface area contributed by atoms with Gasteiger partial charge in [-0.3, -0.25) is 0 Å². The highest BCUT2D eigenvalue weighted by Crippen LogP contribution is 2.25. The van der Waals surface area contributed by atoms with Gasteiger partial charge in [0.15, 0.2) is 0 Å². The van der Waals surface area contributed by atoms with Gasteiger partial charge in [0.2, 0.25) is 0 Å². The lowest BCUT2D eigenvalue weighted by molar-refractivity contribution is -0.159. The molecule has 1 saturated heterocycles. The highest BCUT2D eigenvalue weighted by molar-refractivity contribution is 6.30. The Morgan fingerprint density at radius 3 is 2.30 bits per heavy atom. The van der Waals surface area contributed by atoms with Crippen molar-refractivity contribution in [3.63, 3.8) is 0 Å². The van der Waals surface area contributed by atoms with E-state index in [0.717, 1.165) is 37.6 Å². The fraction of sp³-hybridized carbons (Fsp3) is 0.391. The largest absolute Gasteiger partial charge is 0.473 e. The molecule has 2 atom stereocenters. The van der Waals surface area contributed by atoms with Crippen LogP contribution in [0.5, 0.6) is 0 Å². The summed E-state index contributed by atoms with van der Waals surface area (Å²) in [7, 11) is 0. The molecule has 2 aromatic carbocycles. The number of rotatable bonds is 8. The number of halogens is 1. The second-order valence-electron chi connectivity index (χ2n) is 7.18. The lowest BCUT2D eigenvalue weighted by Gasteiger charge is -2.19. The maximum Gasteiger partial charge on any atom is 0.414 e. The number of hydrogen-bond acceptors (Lipinski definition) is 4. The quantitative estimate of drug-likeness (QED) is 0.430. The van der Waals surface area contributed by atoms with Gasteiger partial charge in [-0.15, -0.1) is 0 Å². The molecule has 1 heterocycles. The van der Waals surface area contributed by atoms with E-state index in [-0.39, 0.29) is 0 Å². The molecule has 0 saturated carbocycles. The zero-order chi connectivity index (χ0) is 21.8. The van der Waals surface area contributed by atoms with E-state index < -0.39 is 11.9 Å². The minimum Gasteiger partial charge on any atom is -0.473 e. The van der Waals surface area contributed by atoms with Crippen LogP contribution < -0.4 is 5.32 Å². The van der Waals surface area contributed by atoms with Crippen molar-refractivity contribution >= 4 is 23.5 Å². The van der Waals surface area contributed by atoms with Crippen molar-refractivity contribution in [3.05, 3.63) is 70.7 Å². The molecular weight excluding hydrogens is 406 g/mol. The summed E-state index contributed by atoms with van der Waals surface area (Å²) in [5, 5.41) is 19.2. The van der Waals surface area contributed by atoms with Gasteiger partial charge in [0.25, 0.3) is 0 Å². The molecule has 0 amide bonds. The molecule has 1 aliphatic rings. The number of hydrogen-bond donors (Lipinski definition) is 3. The summed E-state index contributed by atoms with van der Waals surface area (Å²) in [6.45, 7) is 2.91. The van der Waals surface area contributed by atoms with Crippen LogP contribution in [-0.2, 0) is 20.7 Å². The van der Waals surface area contributed by atoms with Gasteiger partial charge in [-0.1, -0.05) is 54.1 Å². The molecule has 1 aliphatic heterocycles. The van der Waals surface area contributed by atoms with E-state index in [1.54, 1.807) is 0 Å². The van der Waals surface area contributed by atoms with Gasteiger partial charge < -0.3 is 20.3 Å². The van der Waals surface area contributed by atoms with Crippen LogP contribution in [0.3, 0.4) is 0 Å².